The van der Waals surface area contributed by atoms with Crippen LogP contribution in [-0.2, 0) is 17.8 Å². The molecule has 21 heavy (non-hydrogen) atoms. The van der Waals surface area contributed by atoms with Crippen LogP contribution in [0.25, 0.3) is 0 Å². The van der Waals surface area contributed by atoms with Gasteiger partial charge in [-0.05, 0) is 40.5 Å². The fraction of sp³-hybridized carbons (Fsp3) is 0.400. The minimum Gasteiger partial charge on any atom is -0.383 e. The van der Waals surface area contributed by atoms with E-state index in [1.807, 2.05) is 17.8 Å². The van der Waals surface area contributed by atoms with Gasteiger partial charge >= 0.3 is 0 Å². The minimum absolute atomic E-state index is 0.251. The molecular weight excluding hydrogens is 337 g/mol. The molecule has 0 fully saturated rings. The molecule has 0 unspecified atom stereocenters. The molecule has 0 amide bonds. The van der Waals surface area contributed by atoms with Crippen LogP contribution < -0.4 is 5.32 Å². The number of rotatable bonds is 7. The first-order valence-electron chi connectivity index (χ1n) is 6.76. The molecule has 0 saturated heterocycles. The lowest BCUT2D eigenvalue weighted by Crippen LogP contribution is -2.18. The van der Waals surface area contributed by atoms with Crippen molar-refractivity contribution in [2.24, 2.45) is 0 Å². The van der Waals surface area contributed by atoms with Gasteiger partial charge in [0.25, 0.3) is 0 Å². The first-order valence-corrected chi connectivity index (χ1v) is 7.56. The molecule has 0 saturated carbocycles. The van der Waals surface area contributed by atoms with Crippen LogP contribution >= 0.6 is 15.9 Å². The van der Waals surface area contributed by atoms with Crippen LogP contribution in [0.3, 0.4) is 0 Å². The largest absolute Gasteiger partial charge is 0.383 e. The van der Waals surface area contributed by atoms with Gasteiger partial charge in [0.1, 0.15) is 5.82 Å². The van der Waals surface area contributed by atoms with Gasteiger partial charge in [-0.15, -0.1) is 0 Å². The van der Waals surface area contributed by atoms with Crippen molar-refractivity contribution in [3.8, 4) is 0 Å². The molecule has 4 nitrogen and oxygen atoms in total. The van der Waals surface area contributed by atoms with Gasteiger partial charge in [0.05, 0.1) is 23.3 Å². The van der Waals surface area contributed by atoms with Crippen molar-refractivity contribution in [2.45, 2.75) is 20.0 Å². The Morgan fingerprint density at radius 1 is 1.43 bits per heavy atom. The average Bonchev–Trinajstić information content (AvgIpc) is 2.79. The van der Waals surface area contributed by atoms with E-state index in [1.165, 1.54) is 6.07 Å². The molecule has 0 aliphatic rings. The fourth-order valence-electron chi connectivity index (χ4n) is 2.04. The number of aromatic nitrogens is 2. The predicted octanol–water partition coefficient (Wildman–Crippen LogP) is 2.88. The smallest absolute Gasteiger partial charge is 0.137 e. The highest BCUT2D eigenvalue weighted by Crippen LogP contribution is 2.17. The van der Waals surface area contributed by atoms with E-state index < -0.39 is 0 Å². The van der Waals surface area contributed by atoms with Gasteiger partial charge in [0.2, 0.25) is 0 Å². The molecule has 2 aromatic rings. The van der Waals surface area contributed by atoms with Crippen LogP contribution in [0.4, 0.5) is 4.39 Å². The van der Waals surface area contributed by atoms with Crippen LogP contribution in [0.1, 0.15) is 16.8 Å². The number of methoxy groups -OCH3 is 1. The summed E-state index contributed by atoms with van der Waals surface area (Å²) in [4.78, 5) is 0. The quantitative estimate of drug-likeness (QED) is 0.776. The zero-order valence-electron chi connectivity index (χ0n) is 12.2. The minimum atomic E-state index is -0.251. The van der Waals surface area contributed by atoms with Gasteiger partial charge in [-0.1, -0.05) is 6.07 Å². The van der Waals surface area contributed by atoms with Crippen molar-refractivity contribution in [1.29, 1.82) is 0 Å². The second kappa shape index (κ2) is 7.68. The molecule has 0 radical (unpaired) electrons. The molecular formula is C15H19BrFN3O. The zero-order valence-corrected chi connectivity index (χ0v) is 13.8. The molecule has 114 valence electrons. The summed E-state index contributed by atoms with van der Waals surface area (Å²) in [6.07, 6.45) is 2.02. The average molecular weight is 356 g/mol. The lowest BCUT2D eigenvalue weighted by Gasteiger charge is -2.03. The molecule has 1 aromatic heterocycles. The summed E-state index contributed by atoms with van der Waals surface area (Å²) in [7, 11) is 1.69. The highest BCUT2D eigenvalue weighted by molar-refractivity contribution is 9.10. The topological polar surface area (TPSA) is 39.1 Å². The Bertz CT molecular complexity index is 601. The summed E-state index contributed by atoms with van der Waals surface area (Å²) in [5.74, 6) is -0.251. The van der Waals surface area contributed by atoms with Gasteiger partial charge in [0, 0.05) is 32.0 Å². The van der Waals surface area contributed by atoms with Gasteiger partial charge in [0.15, 0.2) is 0 Å². The summed E-state index contributed by atoms with van der Waals surface area (Å²) in [6, 6.07) is 5.01. The Kier molecular flexibility index (Phi) is 5.90. The van der Waals surface area contributed by atoms with Gasteiger partial charge in [-0.2, -0.15) is 5.10 Å². The third-order valence-electron chi connectivity index (χ3n) is 3.18. The van der Waals surface area contributed by atoms with E-state index in [-0.39, 0.29) is 5.82 Å². The Balaban J connectivity index is 1.99. The summed E-state index contributed by atoms with van der Waals surface area (Å²) in [6.45, 7) is 4.88. The highest BCUT2D eigenvalue weighted by atomic mass is 79.9. The SMILES string of the molecule is COCCNCc1cn(Cc2ccc(F)c(Br)c2)nc1C. The molecule has 6 heteroatoms. The summed E-state index contributed by atoms with van der Waals surface area (Å²) in [5, 5.41) is 7.80. The van der Waals surface area contributed by atoms with Crippen molar-refractivity contribution in [1.82, 2.24) is 15.1 Å². The number of halogens is 2. The maximum absolute atomic E-state index is 13.2. The number of ether oxygens (including phenoxy) is 1. The summed E-state index contributed by atoms with van der Waals surface area (Å²) in [5.41, 5.74) is 3.16. The van der Waals surface area contributed by atoms with E-state index >= 15 is 0 Å². The molecule has 0 bridgehead atoms. The van der Waals surface area contributed by atoms with Crippen LogP contribution in [-0.4, -0.2) is 30.0 Å². The van der Waals surface area contributed by atoms with E-state index in [0.717, 1.165) is 29.9 Å². The highest BCUT2D eigenvalue weighted by Gasteiger charge is 2.06. The maximum atomic E-state index is 13.2. The standard InChI is InChI=1S/C15H19BrFN3O/c1-11-13(8-18-5-6-21-2)10-20(19-11)9-12-3-4-15(17)14(16)7-12/h3-4,7,10,18H,5-6,8-9H2,1-2H3. The first-order chi connectivity index (χ1) is 10.1. The molecule has 0 aliphatic heterocycles. The first kappa shape index (κ1) is 16.1. The maximum Gasteiger partial charge on any atom is 0.137 e. The second-order valence-electron chi connectivity index (χ2n) is 4.86. The van der Waals surface area contributed by atoms with E-state index in [1.54, 1.807) is 19.2 Å². The molecule has 1 aromatic carbocycles. The van der Waals surface area contributed by atoms with Gasteiger partial charge < -0.3 is 10.1 Å². The lowest BCUT2D eigenvalue weighted by atomic mass is 10.2. The third-order valence-corrected chi connectivity index (χ3v) is 3.78. The Labute approximate surface area is 132 Å². The number of hydrogen-bond donors (Lipinski definition) is 1. The molecule has 1 N–H and O–H groups in total. The number of benzene rings is 1. The van der Waals surface area contributed by atoms with E-state index in [4.69, 9.17) is 4.74 Å². The van der Waals surface area contributed by atoms with Crippen LogP contribution in [0, 0.1) is 12.7 Å². The van der Waals surface area contributed by atoms with Crippen LogP contribution in [0.2, 0.25) is 0 Å². The molecule has 0 spiro atoms. The number of nitrogens with zero attached hydrogens (tertiary/aromatic N) is 2. The third kappa shape index (κ3) is 4.62. The Morgan fingerprint density at radius 2 is 2.24 bits per heavy atom. The Hall–Kier alpha value is -1.24. The van der Waals surface area contributed by atoms with Crippen molar-refractivity contribution in [3.63, 3.8) is 0 Å². The van der Waals surface area contributed by atoms with Crippen LogP contribution in [0.15, 0.2) is 28.9 Å². The monoisotopic (exact) mass is 355 g/mol. The molecule has 0 atom stereocenters. The van der Waals surface area contributed by atoms with E-state index in [0.29, 0.717) is 17.6 Å². The fourth-order valence-corrected chi connectivity index (χ4v) is 2.46. The number of aryl methyl sites for hydroxylation is 1. The summed E-state index contributed by atoms with van der Waals surface area (Å²) >= 11 is 3.20. The molecule has 0 aliphatic carbocycles. The number of nitrogens with one attached hydrogen (secondary N) is 1. The van der Waals surface area contributed by atoms with E-state index in [2.05, 4.69) is 26.3 Å². The molecule has 1 heterocycles. The van der Waals surface area contributed by atoms with Crippen molar-refractivity contribution < 1.29 is 9.13 Å². The predicted molar refractivity (Wildman–Crippen MR) is 83.7 cm³/mol. The van der Waals surface area contributed by atoms with Crippen LogP contribution in [0.5, 0.6) is 0 Å². The van der Waals surface area contributed by atoms with Crippen molar-refractivity contribution in [3.05, 3.63) is 51.5 Å². The second-order valence-corrected chi connectivity index (χ2v) is 5.71. The zero-order chi connectivity index (χ0) is 15.2. The van der Waals surface area contributed by atoms with Gasteiger partial charge in [-0.3, -0.25) is 4.68 Å². The molecule has 2 rings (SSSR count). The lowest BCUT2D eigenvalue weighted by molar-refractivity contribution is 0.199. The van der Waals surface area contributed by atoms with Crippen molar-refractivity contribution >= 4 is 15.9 Å². The van der Waals surface area contributed by atoms with E-state index in [9.17, 15) is 4.39 Å². The number of hydrogen-bond acceptors (Lipinski definition) is 3. The summed E-state index contributed by atoms with van der Waals surface area (Å²) < 4.78 is 20.6. The normalized spacial score (nSPS) is 11.0. The van der Waals surface area contributed by atoms with Gasteiger partial charge in [-0.25, -0.2) is 4.39 Å². The van der Waals surface area contributed by atoms with Crippen molar-refractivity contribution in [2.75, 3.05) is 20.3 Å². The Morgan fingerprint density at radius 3 is 2.95 bits per heavy atom.